The second-order valence-electron chi connectivity index (χ2n) is 3.11. The van der Waals surface area contributed by atoms with E-state index in [9.17, 15) is 4.79 Å². The number of methoxy groups -OCH3 is 1. The Labute approximate surface area is 89.9 Å². The van der Waals surface area contributed by atoms with Crippen molar-refractivity contribution in [3.05, 3.63) is 53.6 Å². The second kappa shape index (κ2) is 5.81. The SMILES string of the molecule is COC(=O)/C(C)=C/C=C/c1ccccc1. The summed E-state index contributed by atoms with van der Waals surface area (Å²) in [5.41, 5.74) is 1.69. The molecular weight excluding hydrogens is 188 g/mol. The molecule has 0 radical (unpaired) electrons. The smallest absolute Gasteiger partial charge is 0.333 e. The van der Waals surface area contributed by atoms with E-state index in [1.807, 2.05) is 42.5 Å². The van der Waals surface area contributed by atoms with Crippen LogP contribution in [-0.4, -0.2) is 13.1 Å². The number of ether oxygens (including phenoxy) is 1. The predicted octanol–water partition coefficient (Wildman–Crippen LogP) is 2.82. The first kappa shape index (κ1) is 11.2. The Morgan fingerprint density at radius 2 is 1.93 bits per heavy atom. The quantitative estimate of drug-likeness (QED) is 0.428. The van der Waals surface area contributed by atoms with E-state index in [0.717, 1.165) is 5.56 Å². The molecule has 0 spiro atoms. The van der Waals surface area contributed by atoms with Crippen molar-refractivity contribution in [1.29, 1.82) is 0 Å². The number of carbonyl (C=O) groups is 1. The van der Waals surface area contributed by atoms with E-state index in [0.29, 0.717) is 5.57 Å². The van der Waals surface area contributed by atoms with Gasteiger partial charge in [0.1, 0.15) is 0 Å². The second-order valence-corrected chi connectivity index (χ2v) is 3.11. The molecule has 0 unspecified atom stereocenters. The molecule has 78 valence electrons. The summed E-state index contributed by atoms with van der Waals surface area (Å²) < 4.78 is 4.57. The van der Waals surface area contributed by atoms with Crippen molar-refractivity contribution in [3.8, 4) is 0 Å². The van der Waals surface area contributed by atoms with Gasteiger partial charge in [0.05, 0.1) is 7.11 Å². The molecule has 0 aromatic heterocycles. The molecule has 1 rings (SSSR count). The summed E-state index contributed by atoms with van der Waals surface area (Å²) >= 11 is 0. The number of hydrogen-bond donors (Lipinski definition) is 0. The molecule has 15 heavy (non-hydrogen) atoms. The van der Waals surface area contributed by atoms with Gasteiger partial charge in [0.25, 0.3) is 0 Å². The fraction of sp³-hybridized carbons (Fsp3) is 0.154. The molecule has 0 aliphatic carbocycles. The molecule has 2 heteroatoms. The first-order valence-corrected chi connectivity index (χ1v) is 4.72. The van der Waals surface area contributed by atoms with E-state index in [2.05, 4.69) is 4.74 Å². The number of carbonyl (C=O) groups excluding carboxylic acids is 1. The van der Waals surface area contributed by atoms with Gasteiger partial charge in [-0.1, -0.05) is 48.6 Å². The fourth-order valence-corrected chi connectivity index (χ4v) is 1.10. The van der Waals surface area contributed by atoms with Gasteiger partial charge < -0.3 is 4.74 Å². The van der Waals surface area contributed by atoms with Crippen LogP contribution in [0.25, 0.3) is 6.08 Å². The van der Waals surface area contributed by atoms with E-state index < -0.39 is 0 Å². The van der Waals surface area contributed by atoms with Crippen LogP contribution in [0.5, 0.6) is 0 Å². The molecule has 0 saturated carbocycles. The van der Waals surface area contributed by atoms with Crippen molar-refractivity contribution < 1.29 is 9.53 Å². The van der Waals surface area contributed by atoms with Gasteiger partial charge in [-0.2, -0.15) is 0 Å². The van der Waals surface area contributed by atoms with Gasteiger partial charge in [-0.25, -0.2) is 4.79 Å². The number of hydrogen-bond acceptors (Lipinski definition) is 2. The molecule has 2 nitrogen and oxygen atoms in total. The predicted molar refractivity (Wildman–Crippen MR) is 61.2 cm³/mol. The highest BCUT2D eigenvalue weighted by molar-refractivity contribution is 5.88. The van der Waals surface area contributed by atoms with Crippen molar-refractivity contribution >= 4 is 12.0 Å². The molecule has 1 aromatic carbocycles. The van der Waals surface area contributed by atoms with Gasteiger partial charge in [0, 0.05) is 5.57 Å². The molecule has 0 atom stereocenters. The molecule has 0 bridgehead atoms. The van der Waals surface area contributed by atoms with Crippen molar-refractivity contribution in [2.75, 3.05) is 7.11 Å². The van der Waals surface area contributed by atoms with E-state index in [4.69, 9.17) is 0 Å². The Hall–Kier alpha value is -1.83. The van der Waals surface area contributed by atoms with Gasteiger partial charge in [0.15, 0.2) is 0 Å². The minimum atomic E-state index is -0.298. The summed E-state index contributed by atoms with van der Waals surface area (Å²) in [5, 5.41) is 0. The van der Waals surface area contributed by atoms with Crippen molar-refractivity contribution in [3.63, 3.8) is 0 Å². The molecule has 1 aromatic rings. The lowest BCUT2D eigenvalue weighted by atomic mass is 10.2. The number of rotatable bonds is 3. The largest absolute Gasteiger partial charge is 0.466 e. The highest BCUT2D eigenvalue weighted by Crippen LogP contribution is 2.02. The Bertz CT molecular complexity index is 375. The zero-order chi connectivity index (χ0) is 11.1. The average molecular weight is 202 g/mol. The van der Waals surface area contributed by atoms with Gasteiger partial charge in [-0.3, -0.25) is 0 Å². The summed E-state index contributed by atoms with van der Waals surface area (Å²) in [5.74, 6) is -0.298. The lowest BCUT2D eigenvalue weighted by molar-refractivity contribution is -0.136. The van der Waals surface area contributed by atoms with Crippen LogP contribution in [-0.2, 0) is 9.53 Å². The maximum absolute atomic E-state index is 11.0. The van der Waals surface area contributed by atoms with Crippen LogP contribution in [0.2, 0.25) is 0 Å². The topological polar surface area (TPSA) is 26.3 Å². The molecule has 0 aliphatic rings. The van der Waals surface area contributed by atoms with Crippen molar-refractivity contribution in [2.45, 2.75) is 6.92 Å². The minimum Gasteiger partial charge on any atom is -0.466 e. The monoisotopic (exact) mass is 202 g/mol. The molecule has 0 amide bonds. The molecule has 0 aliphatic heterocycles. The summed E-state index contributed by atoms with van der Waals surface area (Å²) in [6.07, 6.45) is 5.51. The molecule has 0 saturated heterocycles. The Kier molecular flexibility index (Phi) is 4.35. The van der Waals surface area contributed by atoms with Crippen molar-refractivity contribution in [1.82, 2.24) is 0 Å². The zero-order valence-corrected chi connectivity index (χ0v) is 8.94. The summed E-state index contributed by atoms with van der Waals surface area (Å²) in [4.78, 5) is 11.0. The van der Waals surface area contributed by atoms with Crippen LogP contribution in [0.4, 0.5) is 0 Å². The molecule has 0 heterocycles. The first-order valence-electron chi connectivity index (χ1n) is 4.72. The summed E-state index contributed by atoms with van der Waals surface area (Å²) in [6.45, 7) is 1.72. The van der Waals surface area contributed by atoms with E-state index in [-0.39, 0.29) is 5.97 Å². The van der Waals surface area contributed by atoms with E-state index >= 15 is 0 Å². The van der Waals surface area contributed by atoms with E-state index in [1.54, 1.807) is 13.0 Å². The number of esters is 1. The summed E-state index contributed by atoms with van der Waals surface area (Å²) in [7, 11) is 1.38. The summed E-state index contributed by atoms with van der Waals surface area (Å²) in [6, 6.07) is 9.90. The lowest BCUT2D eigenvalue weighted by Crippen LogP contribution is -2.00. The molecule has 0 N–H and O–H groups in total. The van der Waals surface area contributed by atoms with Crippen LogP contribution in [0.1, 0.15) is 12.5 Å². The highest BCUT2D eigenvalue weighted by Gasteiger charge is 1.99. The maximum atomic E-state index is 11.0. The normalized spacial score (nSPS) is 11.7. The maximum Gasteiger partial charge on any atom is 0.333 e. The Morgan fingerprint density at radius 3 is 2.53 bits per heavy atom. The van der Waals surface area contributed by atoms with Crippen LogP contribution in [0, 0.1) is 0 Å². The molecular formula is C13H14O2. The number of benzene rings is 1. The standard InChI is InChI=1S/C13H14O2/c1-11(13(14)15-2)7-6-10-12-8-4-3-5-9-12/h3-10H,1-2H3/b10-6+,11-7+. The van der Waals surface area contributed by atoms with Crippen LogP contribution in [0.15, 0.2) is 48.1 Å². The van der Waals surface area contributed by atoms with Gasteiger partial charge in [-0.05, 0) is 12.5 Å². The Balaban J connectivity index is 2.64. The minimum absolute atomic E-state index is 0.298. The van der Waals surface area contributed by atoms with Crippen LogP contribution < -0.4 is 0 Å². The van der Waals surface area contributed by atoms with Gasteiger partial charge in [-0.15, -0.1) is 0 Å². The lowest BCUT2D eigenvalue weighted by Gasteiger charge is -1.95. The fourth-order valence-electron chi connectivity index (χ4n) is 1.10. The third-order valence-corrected chi connectivity index (χ3v) is 1.94. The zero-order valence-electron chi connectivity index (χ0n) is 8.94. The van der Waals surface area contributed by atoms with Crippen LogP contribution >= 0.6 is 0 Å². The highest BCUT2D eigenvalue weighted by atomic mass is 16.5. The molecule has 0 fully saturated rings. The van der Waals surface area contributed by atoms with Crippen LogP contribution in [0.3, 0.4) is 0 Å². The van der Waals surface area contributed by atoms with E-state index in [1.165, 1.54) is 7.11 Å². The Morgan fingerprint density at radius 1 is 1.27 bits per heavy atom. The third kappa shape index (κ3) is 3.81. The average Bonchev–Trinajstić information content (AvgIpc) is 2.29. The van der Waals surface area contributed by atoms with Gasteiger partial charge >= 0.3 is 5.97 Å². The van der Waals surface area contributed by atoms with Crippen molar-refractivity contribution in [2.24, 2.45) is 0 Å². The first-order chi connectivity index (χ1) is 7.24. The number of allylic oxidation sites excluding steroid dienone is 2. The third-order valence-electron chi connectivity index (χ3n) is 1.94. The van der Waals surface area contributed by atoms with Gasteiger partial charge in [0.2, 0.25) is 0 Å².